The van der Waals surface area contributed by atoms with Crippen LogP contribution in [0.15, 0.2) is 22.9 Å². The predicted octanol–water partition coefficient (Wildman–Crippen LogP) is 0.180. The molecule has 0 atom stereocenters. The van der Waals surface area contributed by atoms with Crippen LogP contribution >= 0.6 is 0 Å². The highest BCUT2D eigenvalue weighted by Gasteiger charge is 2.01. The first-order valence-electron chi connectivity index (χ1n) is 4.62. The molecule has 0 aliphatic rings. The quantitative estimate of drug-likeness (QED) is 0.652. The lowest BCUT2D eigenvalue weighted by Crippen LogP contribution is -2.13. The zero-order valence-electron chi connectivity index (χ0n) is 8.10. The Morgan fingerprint density at radius 3 is 2.87 bits per heavy atom. The molecule has 2 heterocycles. The zero-order chi connectivity index (χ0) is 10.5. The van der Waals surface area contributed by atoms with Gasteiger partial charge in [0.1, 0.15) is 30.3 Å². The third-order valence-corrected chi connectivity index (χ3v) is 1.93. The van der Waals surface area contributed by atoms with E-state index in [1.807, 2.05) is 6.07 Å². The van der Waals surface area contributed by atoms with Crippen molar-refractivity contribution in [2.45, 2.75) is 19.7 Å². The summed E-state index contributed by atoms with van der Waals surface area (Å²) < 4.78 is 5.29. The summed E-state index contributed by atoms with van der Waals surface area (Å²) in [7, 11) is 0. The smallest absolute Gasteiger partial charge is 0.138 e. The normalized spacial score (nSPS) is 10.7. The van der Waals surface area contributed by atoms with Crippen molar-refractivity contribution in [3.8, 4) is 0 Å². The van der Waals surface area contributed by atoms with Gasteiger partial charge in [0.05, 0.1) is 13.1 Å². The largest absolute Gasteiger partial charge is 0.462 e. The molecule has 6 nitrogen and oxygen atoms in total. The lowest BCUT2D eigenvalue weighted by molar-refractivity contribution is 0.242. The molecule has 0 amide bonds. The Morgan fingerprint density at radius 1 is 1.33 bits per heavy atom. The van der Waals surface area contributed by atoms with Crippen LogP contribution in [-0.2, 0) is 19.7 Å². The van der Waals surface area contributed by atoms with Crippen LogP contribution in [0.25, 0.3) is 0 Å². The van der Waals surface area contributed by atoms with Gasteiger partial charge in [0.2, 0.25) is 0 Å². The van der Waals surface area contributed by atoms with Gasteiger partial charge in [-0.3, -0.25) is 5.10 Å². The Bertz CT molecular complexity index is 396. The molecule has 6 heteroatoms. The van der Waals surface area contributed by atoms with Crippen molar-refractivity contribution >= 4 is 0 Å². The molecule has 0 saturated heterocycles. The molecule has 0 aliphatic heterocycles. The molecule has 15 heavy (non-hydrogen) atoms. The summed E-state index contributed by atoms with van der Waals surface area (Å²) in [6, 6.07) is 3.59. The molecule has 0 bridgehead atoms. The highest BCUT2D eigenvalue weighted by Crippen LogP contribution is 2.07. The first-order valence-corrected chi connectivity index (χ1v) is 4.62. The number of aromatic nitrogens is 3. The SMILES string of the molecule is OCc1ccc(CNCc2ncn[nH]2)o1. The predicted molar refractivity (Wildman–Crippen MR) is 51.6 cm³/mol. The minimum absolute atomic E-state index is 0.0674. The van der Waals surface area contributed by atoms with Gasteiger partial charge in [-0.15, -0.1) is 0 Å². The number of aliphatic hydroxyl groups excluding tert-OH is 1. The lowest BCUT2D eigenvalue weighted by Gasteiger charge is -1.98. The molecular formula is C9H12N4O2. The van der Waals surface area contributed by atoms with E-state index in [-0.39, 0.29) is 6.61 Å². The number of nitrogens with one attached hydrogen (secondary N) is 2. The number of furan rings is 1. The fourth-order valence-corrected chi connectivity index (χ4v) is 1.22. The Balaban J connectivity index is 1.78. The molecule has 0 fully saturated rings. The van der Waals surface area contributed by atoms with Crippen molar-refractivity contribution in [2.75, 3.05) is 0 Å². The van der Waals surface area contributed by atoms with Crippen LogP contribution < -0.4 is 5.32 Å². The second-order valence-electron chi connectivity index (χ2n) is 3.06. The maximum Gasteiger partial charge on any atom is 0.138 e. The second kappa shape index (κ2) is 4.72. The molecule has 2 aromatic rings. The number of aliphatic hydroxyl groups is 1. The highest BCUT2D eigenvalue weighted by atomic mass is 16.4. The third kappa shape index (κ3) is 2.64. The molecule has 0 unspecified atom stereocenters. The average Bonchev–Trinajstić information content (AvgIpc) is 2.88. The molecule has 2 aromatic heterocycles. The van der Waals surface area contributed by atoms with E-state index in [1.165, 1.54) is 6.33 Å². The van der Waals surface area contributed by atoms with Gasteiger partial charge < -0.3 is 14.8 Å². The zero-order valence-corrected chi connectivity index (χ0v) is 8.10. The molecule has 0 aromatic carbocycles. The molecule has 80 valence electrons. The minimum atomic E-state index is -0.0674. The van der Waals surface area contributed by atoms with Gasteiger partial charge in [-0.2, -0.15) is 5.10 Å². The Hall–Kier alpha value is -1.66. The van der Waals surface area contributed by atoms with Crippen LogP contribution in [0.2, 0.25) is 0 Å². The van der Waals surface area contributed by atoms with E-state index in [1.54, 1.807) is 6.07 Å². The van der Waals surface area contributed by atoms with E-state index < -0.39 is 0 Å². The molecule has 0 saturated carbocycles. The van der Waals surface area contributed by atoms with Crippen LogP contribution in [-0.4, -0.2) is 20.3 Å². The van der Waals surface area contributed by atoms with Gasteiger partial charge in [0, 0.05) is 0 Å². The first kappa shape index (κ1) is 9.88. The standard InChI is InChI=1S/C9H12N4O2/c14-5-8-2-1-7(15-8)3-10-4-9-11-6-12-13-9/h1-2,6,10,14H,3-5H2,(H,11,12,13). The monoisotopic (exact) mass is 208 g/mol. The first-order chi connectivity index (χ1) is 7.38. The Kier molecular flexibility index (Phi) is 3.11. The van der Waals surface area contributed by atoms with Crippen molar-refractivity contribution in [3.63, 3.8) is 0 Å². The van der Waals surface area contributed by atoms with Crippen LogP contribution in [0.3, 0.4) is 0 Å². The van der Waals surface area contributed by atoms with Gasteiger partial charge in [-0.05, 0) is 12.1 Å². The van der Waals surface area contributed by atoms with Crippen molar-refractivity contribution in [1.29, 1.82) is 0 Å². The van der Waals surface area contributed by atoms with Crippen molar-refractivity contribution in [2.24, 2.45) is 0 Å². The van der Waals surface area contributed by atoms with E-state index >= 15 is 0 Å². The van der Waals surface area contributed by atoms with E-state index in [2.05, 4.69) is 20.5 Å². The maximum atomic E-state index is 8.79. The van der Waals surface area contributed by atoms with E-state index in [9.17, 15) is 0 Å². The van der Waals surface area contributed by atoms with Crippen LogP contribution in [0.4, 0.5) is 0 Å². The fourth-order valence-electron chi connectivity index (χ4n) is 1.22. The van der Waals surface area contributed by atoms with Crippen molar-refractivity contribution in [1.82, 2.24) is 20.5 Å². The topological polar surface area (TPSA) is 87.0 Å². The molecule has 2 rings (SSSR count). The summed E-state index contributed by atoms with van der Waals surface area (Å²) >= 11 is 0. The molecule has 0 spiro atoms. The van der Waals surface area contributed by atoms with Crippen LogP contribution in [0.1, 0.15) is 17.3 Å². The van der Waals surface area contributed by atoms with Gasteiger partial charge in [0.25, 0.3) is 0 Å². The van der Waals surface area contributed by atoms with Crippen molar-refractivity contribution < 1.29 is 9.52 Å². The number of hydrogen-bond donors (Lipinski definition) is 3. The number of H-pyrrole nitrogens is 1. The number of rotatable bonds is 5. The summed E-state index contributed by atoms with van der Waals surface area (Å²) in [4.78, 5) is 3.97. The molecular weight excluding hydrogens is 196 g/mol. The summed E-state index contributed by atoms with van der Waals surface area (Å²) in [5, 5.41) is 18.4. The third-order valence-electron chi connectivity index (χ3n) is 1.93. The molecule has 0 aliphatic carbocycles. The van der Waals surface area contributed by atoms with Crippen molar-refractivity contribution in [3.05, 3.63) is 35.8 Å². The average molecular weight is 208 g/mol. The molecule has 0 radical (unpaired) electrons. The van der Waals surface area contributed by atoms with E-state index in [0.29, 0.717) is 18.8 Å². The van der Waals surface area contributed by atoms with Crippen LogP contribution in [0, 0.1) is 0 Å². The lowest BCUT2D eigenvalue weighted by atomic mass is 10.4. The number of nitrogens with zero attached hydrogens (tertiary/aromatic N) is 2. The highest BCUT2D eigenvalue weighted by molar-refractivity contribution is 5.06. The maximum absolute atomic E-state index is 8.79. The van der Waals surface area contributed by atoms with E-state index in [0.717, 1.165) is 11.6 Å². The number of hydrogen-bond acceptors (Lipinski definition) is 5. The Labute approximate surface area is 86.3 Å². The van der Waals surface area contributed by atoms with E-state index in [4.69, 9.17) is 9.52 Å². The van der Waals surface area contributed by atoms with Gasteiger partial charge >= 0.3 is 0 Å². The van der Waals surface area contributed by atoms with Gasteiger partial charge in [-0.25, -0.2) is 4.98 Å². The summed E-state index contributed by atoms with van der Waals surface area (Å²) in [6.07, 6.45) is 1.47. The van der Waals surface area contributed by atoms with Gasteiger partial charge in [-0.1, -0.05) is 0 Å². The summed E-state index contributed by atoms with van der Waals surface area (Å²) in [5.41, 5.74) is 0. The van der Waals surface area contributed by atoms with Gasteiger partial charge in [0.15, 0.2) is 0 Å². The fraction of sp³-hybridized carbons (Fsp3) is 0.333. The second-order valence-corrected chi connectivity index (χ2v) is 3.06. The Morgan fingerprint density at radius 2 is 2.20 bits per heavy atom. The molecule has 3 N–H and O–H groups in total. The summed E-state index contributed by atoms with van der Waals surface area (Å²) in [5.74, 6) is 2.15. The van der Waals surface area contributed by atoms with Crippen LogP contribution in [0.5, 0.6) is 0 Å². The summed E-state index contributed by atoms with van der Waals surface area (Å²) in [6.45, 7) is 1.14. The number of aromatic amines is 1. The minimum Gasteiger partial charge on any atom is -0.462 e.